The summed E-state index contributed by atoms with van der Waals surface area (Å²) in [6, 6.07) is 33.4. The Kier molecular flexibility index (Phi) is 3.85. The van der Waals surface area contributed by atoms with Crippen LogP contribution in [0.3, 0.4) is 0 Å². The van der Waals surface area contributed by atoms with E-state index in [0.29, 0.717) is 0 Å². The van der Waals surface area contributed by atoms with Crippen molar-refractivity contribution >= 4 is 23.2 Å². The predicted molar refractivity (Wildman–Crippen MR) is 104 cm³/mol. The monoisotopic (exact) mass is 316 g/mol. The Morgan fingerprint density at radius 2 is 0.870 bits per heavy atom. The molecule has 0 spiro atoms. The van der Waals surface area contributed by atoms with Crippen LogP contribution in [0.4, 0.5) is 0 Å². The third kappa shape index (κ3) is 2.35. The summed E-state index contributed by atoms with van der Waals surface area (Å²) < 4.78 is 0. The number of rotatable bonds is 4. The van der Waals surface area contributed by atoms with Gasteiger partial charge in [0.05, 0.1) is 0 Å². The number of allylic oxidation sites excluding steroid dienone is 2. The molecule has 114 valence electrons. The fourth-order valence-electron chi connectivity index (χ4n) is 3.75. The molecule has 0 aliphatic heterocycles. The average molecular weight is 316 g/mol. The second-order valence-electron chi connectivity index (χ2n) is 6.12. The first-order chi connectivity index (χ1) is 11.4. The normalized spacial score (nSPS) is 14.7. The van der Waals surface area contributed by atoms with Crippen LogP contribution in [0.2, 0.25) is 0 Å². The fourth-order valence-corrected chi connectivity index (χ4v) is 8.91. The second-order valence-corrected chi connectivity index (χ2v) is 9.99. The summed E-state index contributed by atoms with van der Waals surface area (Å²) in [6.07, 6.45) is 4.92. The van der Waals surface area contributed by atoms with E-state index in [2.05, 4.69) is 97.1 Å². The predicted octanol–water partition coefficient (Wildman–Crippen LogP) is 4.39. The van der Waals surface area contributed by atoms with Gasteiger partial charge in [0, 0.05) is 0 Å². The van der Waals surface area contributed by atoms with Crippen molar-refractivity contribution in [2.75, 3.05) is 0 Å². The Labute approximate surface area is 138 Å². The van der Waals surface area contributed by atoms with Crippen molar-refractivity contribution in [3.05, 3.63) is 102 Å². The van der Waals surface area contributed by atoms with Crippen LogP contribution in [-0.4, -0.2) is 0 Å². The van der Waals surface area contributed by atoms with Crippen molar-refractivity contribution in [1.82, 2.24) is 0 Å². The van der Waals surface area contributed by atoms with Crippen LogP contribution in [0, 0.1) is 0 Å². The van der Waals surface area contributed by atoms with E-state index in [1.165, 1.54) is 28.8 Å². The standard InChI is InChI=1S/C22H21P/c1-4-11-19(12-5-1)23(22-17-10-18-22,20-13-6-2-7-14-20)21-15-8-3-9-16-21/h1-9,11-17,23H,10,18H2. The Balaban J connectivity index is 2.07. The molecule has 0 bridgehead atoms. The quantitative estimate of drug-likeness (QED) is 0.626. The zero-order valence-corrected chi connectivity index (χ0v) is 14.2. The molecule has 0 saturated carbocycles. The van der Waals surface area contributed by atoms with Crippen molar-refractivity contribution in [3.8, 4) is 0 Å². The number of hydrogen-bond acceptors (Lipinski definition) is 0. The minimum absolute atomic E-state index is 1.22. The van der Waals surface area contributed by atoms with Crippen LogP contribution >= 0.6 is 7.26 Å². The topological polar surface area (TPSA) is 0 Å². The van der Waals surface area contributed by atoms with E-state index in [0.717, 1.165) is 0 Å². The van der Waals surface area contributed by atoms with Gasteiger partial charge in [-0.1, -0.05) is 0 Å². The molecule has 0 atom stereocenters. The molecule has 0 amide bonds. The van der Waals surface area contributed by atoms with E-state index in [9.17, 15) is 0 Å². The Morgan fingerprint density at radius 3 is 1.13 bits per heavy atom. The fraction of sp³-hybridized carbons (Fsp3) is 0.0909. The SMILES string of the molecule is C1=C([PH](c2ccccc2)(c2ccccc2)c2ccccc2)CC1. The van der Waals surface area contributed by atoms with Gasteiger partial charge >= 0.3 is 138 Å². The van der Waals surface area contributed by atoms with Crippen LogP contribution < -0.4 is 15.9 Å². The summed E-state index contributed by atoms with van der Waals surface area (Å²) in [5.41, 5.74) is 0. The van der Waals surface area contributed by atoms with Crippen LogP contribution in [0.1, 0.15) is 12.8 Å². The van der Waals surface area contributed by atoms with Gasteiger partial charge in [-0.25, -0.2) is 0 Å². The second kappa shape index (κ2) is 6.14. The molecule has 0 N–H and O–H groups in total. The Bertz CT molecular complexity index is 708. The zero-order valence-electron chi connectivity index (χ0n) is 13.2. The molecule has 0 unspecified atom stereocenters. The van der Waals surface area contributed by atoms with Gasteiger partial charge in [0.25, 0.3) is 0 Å². The van der Waals surface area contributed by atoms with E-state index in [4.69, 9.17) is 0 Å². The Morgan fingerprint density at radius 1 is 0.522 bits per heavy atom. The molecule has 0 radical (unpaired) electrons. The van der Waals surface area contributed by atoms with E-state index >= 15 is 0 Å². The third-order valence-corrected chi connectivity index (χ3v) is 9.92. The summed E-state index contributed by atoms with van der Waals surface area (Å²) in [7, 11) is -2.08. The van der Waals surface area contributed by atoms with Crippen molar-refractivity contribution < 1.29 is 0 Å². The molecule has 23 heavy (non-hydrogen) atoms. The van der Waals surface area contributed by atoms with Gasteiger partial charge < -0.3 is 0 Å². The van der Waals surface area contributed by atoms with E-state index in [-0.39, 0.29) is 0 Å². The van der Waals surface area contributed by atoms with Gasteiger partial charge in [-0.2, -0.15) is 0 Å². The molecule has 0 saturated heterocycles. The number of benzene rings is 3. The summed E-state index contributed by atoms with van der Waals surface area (Å²) in [6.45, 7) is 0. The van der Waals surface area contributed by atoms with Crippen LogP contribution in [0.5, 0.6) is 0 Å². The maximum absolute atomic E-state index is 2.47. The number of hydrogen-bond donors (Lipinski definition) is 0. The molecular weight excluding hydrogens is 295 g/mol. The van der Waals surface area contributed by atoms with Crippen molar-refractivity contribution in [2.24, 2.45) is 0 Å². The van der Waals surface area contributed by atoms with Gasteiger partial charge in [0.1, 0.15) is 0 Å². The molecular formula is C22H21P. The summed E-state index contributed by atoms with van der Waals surface area (Å²) in [5, 5.41) is 6.12. The summed E-state index contributed by atoms with van der Waals surface area (Å²) in [5.74, 6) is 0. The first-order valence-electron chi connectivity index (χ1n) is 8.28. The van der Waals surface area contributed by atoms with E-state index in [1.54, 1.807) is 5.31 Å². The van der Waals surface area contributed by atoms with E-state index in [1.807, 2.05) is 0 Å². The van der Waals surface area contributed by atoms with Gasteiger partial charge in [-0.05, 0) is 0 Å². The molecule has 1 heteroatoms. The maximum atomic E-state index is 2.47. The van der Waals surface area contributed by atoms with Crippen molar-refractivity contribution in [2.45, 2.75) is 12.8 Å². The first-order valence-corrected chi connectivity index (χ1v) is 10.3. The van der Waals surface area contributed by atoms with Crippen LogP contribution in [-0.2, 0) is 0 Å². The molecule has 0 nitrogen and oxygen atoms in total. The molecule has 1 aliphatic rings. The average Bonchev–Trinajstić information content (AvgIpc) is 2.60. The molecule has 0 heterocycles. The summed E-state index contributed by atoms with van der Waals surface area (Å²) >= 11 is 0. The van der Waals surface area contributed by atoms with Crippen LogP contribution in [0.15, 0.2) is 102 Å². The summed E-state index contributed by atoms with van der Waals surface area (Å²) in [4.78, 5) is 0. The van der Waals surface area contributed by atoms with Gasteiger partial charge in [0.2, 0.25) is 0 Å². The van der Waals surface area contributed by atoms with Gasteiger partial charge in [-0.3, -0.25) is 0 Å². The Hall–Kier alpha value is -2.17. The van der Waals surface area contributed by atoms with Crippen molar-refractivity contribution in [1.29, 1.82) is 0 Å². The molecule has 1 aliphatic carbocycles. The molecule has 0 fully saturated rings. The van der Waals surface area contributed by atoms with Crippen molar-refractivity contribution in [3.63, 3.8) is 0 Å². The van der Waals surface area contributed by atoms with Crippen LogP contribution in [0.25, 0.3) is 0 Å². The minimum atomic E-state index is -2.08. The molecule has 3 aromatic rings. The third-order valence-electron chi connectivity index (χ3n) is 4.91. The molecule has 4 rings (SSSR count). The molecule has 0 aromatic heterocycles. The van der Waals surface area contributed by atoms with E-state index < -0.39 is 7.26 Å². The first kappa shape index (κ1) is 14.4. The van der Waals surface area contributed by atoms with Gasteiger partial charge in [0.15, 0.2) is 0 Å². The molecule has 3 aromatic carbocycles. The zero-order chi connectivity index (χ0) is 15.5. The van der Waals surface area contributed by atoms with Gasteiger partial charge in [-0.15, -0.1) is 0 Å².